The molecule has 0 aliphatic carbocycles. The smallest absolute Gasteiger partial charge is 0.0650 e. The fourth-order valence-corrected chi connectivity index (χ4v) is 3.64. The van der Waals surface area contributed by atoms with Crippen LogP contribution >= 0.6 is 0 Å². The fourth-order valence-electron chi connectivity index (χ4n) is 1.88. The van der Waals surface area contributed by atoms with Gasteiger partial charge >= 0.3 is 0 Å². The largest absolute Gasteiger partial charge is 0.0867 e. The summed E-state index contributed by atoms with van der Waals surface area (Å²) in [5, 5.41) is 4.33. The zero-order valence-electron chi connectivity index (χ0n) is 11.5. The van der Waals surface area contributed by atoms with Crippen LogP contribution in [0.25, 0.3) is 10.8 Å². The normalized spacial score (nSPS) is 13.0. The lowest BCUT2D eigenvalue weighted by Gasteiger charge is -2.37. The van der Waals surface area contributed by atoms with Gasteiger partial charge in [-0.3, -0.25) is 0 Å². The molecule has 1 heteroatoms. The molecule has 0 amide bonds. The standard InChI is InChI=1S/C16H21Si/c1-16(2,3)17(4,5)15-11-10-13-8-6-7-9-14(13)12-15/h6-11H,1-5H3. The van der Waals surface area contributed by atoms with Gasteiger partial charge in [-0.15, -0.1) is 0 Å². The molecule has 0 N–H and O–H groups in total. The summed E-state index contributed by atoms with van der Waals surface area (Å²) in [6.45, 7) is 11.9. The summed E-state index contributed by atoms with van der Waals surface area (Å²) in [4.78, 5) is 0. The lowest BCUT2D eigenvalue weighted by Crippen LogP contribution is -2.49. The van der Waals surface area contributed by atoms with Crippen LogP contribution in [-0.2, 0) is 0 Å². The third-order valence-electron chi connectivity index (χ3n) is 4.21. The van der Waals surface area contributed by atoms with E-state index in [0.29, 0.717) is 5.04 Å². The van der Waals surface area contributed by atoms with E-state index in [1.165, 1.54) is 16.0 Å². The third-order valence-corrected chi connectivity index (χ3v) is 9.60. The molecule has 2 rings (SSSR count). The van der Waals surface area contributed by atoms with Crippen LogP contribution in [-0.4, -0.2) is 8.07 Å². The number of fused-ring (bicyclic) bond motifs is 1. The topological polar surface area (TPSA) is 0 Å². The summed E-state index contributed by atoms with van der Waals surface area (Å²) in [5.41, 5.74) is 0. The maximum Gasteiger partial charge on any atom is 0.0867 e. The second-order valence-corrected chi connectivity index (χ2v) is 11.6. The Kier molecular flexibility index (Phi) is 2.90. The average molecular weight is 241 g/mol. The highest BCUT2D eigenvalue weighted by atomic mass is 28.3. The van der Waals surface area contributed by atoms with Crippen LogP contribution in [0, 0.1) is 6.07 Å². The van der Waals surface area contributed by atoms with Gasteiger partial charge in [-0.1, -0.05) is 75.5 Å². The van der Waals surface area contributed by atoms with Crippen LogP contribution < -0.4 is 5.19 Å². The van der Waals surface area contributed by atoms with E-state index in [1.54, 1.807) is 0 Å². The van der Waals surface area contributed by atoms with Crippen molar-refractivity contribution in [3.8, 4) is 0 Å². The minimum Gasteiger partial charge on any atom is -0.0650 e. The van der Waals surface area contributed by atoms with Crippen LogP contribution in [0.3, 0.4) is 0 Å². The van der Waals surface area contributed by atoms with Crippen LogP contribution in [0.5, 0.6) is 0 Å². The molecular weight excluding hydrogens is 220 g/mol. The Morgan fingerprint density at radius 1 is 0.941 bits per heavy atom. The van der Waals surface area contributed by atoms with Crippen LogP contribution in [0.4, 0.5) is 0 Å². The molecule has 0 atom stereocenters. The molecule has 0 saturated carbocycles. The molecule has 17 heavy (non-hydrogen) atoms. The van der Waals surface area contributed by atoms with Gasteiger partial charge < -0.3 is 0 Å². The summed E-state index contributed by atoms with van der Waals surface area (Å²) >= 11 is 0. The molecule has 1 radical (unpaired) electrons. The van der Waals surface area contributed by atoms with Crippen molar-refractivity contribution in [2.24, 2.45) is 0 Å². The average Bonchev–Trinajstić information content (AvgIpc) is 2.27. The monoisotopic (exact) mass is 241 g/mol. The van der Waals surface area contributed by atoms with E-state index in [1.807, 2.05) is 0 Å². The molecule has 0 nitrogen and oxygen atoms in total. The molecular formula is C16H21Si. The molecule has 0 bridgehead atoms. The maximum atomic E-state index is 3.64. The number of benzene rings is 2. The Bertz CT molecular complexity index is 532. The van der Waals surface area contributed by atoms with Crippen LogP contribution in [0.1, 0.15) is 20.8 Å². The van der Waals surface area contributed by atoms with Crippen molar-refractivity contribution in [3.05, 3.63) is 42.5 Å². The minimum absolute atomic E-state index is 0.367. The van der Waals surface area contributed by atoms with Gasteiger partial charge in [0.25, 0.3) is 0 Å². The van der Waals surface area contributed by atoms with Crippen LogP contribution in [0.2, 0.25) is 18.1 Å². The molecule has 0 saturated heterocycles. The molecule has 0 heterocycles. The van der Waals surface area contributed by atoms with Gasteiger partial charge in [0.2, 0.25) is 0 Å². The summed E-state index contributed by atoms with van der Waals surface area (Å²) in [7, 11) is -1.45. The lowest BCUT2D eigenvalue weighted by molar-refractivity contribution is 0.729. The van der Waals surface area contributed by atoms with Crippen LogP contribution in [0.15, 0.2) is 36.4 Å². The zero-order chi connectivity index (χ0) is 12.7. The quantitative estimate of drug-likeness (QED) is 0.651. The van der Waals surface area contributed by atoms with Gasteiger partial charge in [0.15, 0.2) is 0 Å². The van der Waals surface area contributed by atoms with E-state index in [0.717, 1.165) is 0 Å². The lowest BCUT2D eigenvalue weighted by atomic mass is 10.1. The summed E-state index contributed by atoms with van der Waals surface area (Å²) in [6, 6.07) is 16.6. The number of hydrogen-bond acceptors (Lipinski definition) is 0. The van der Waals surface area contributed by atoms with E-state index in [2.05, 4.69) is 76.3 Å². The summed E-state index contributed by atoms with van der Waals surface area (Å²) in [5.74, 6) is 0. The highest BCUT2D eigenvalue weighted by molar-refractivity contribution is 6.92. The van der Waals surface area contributed by atoms with Crippen molar-refractivity contribution in [1.29, 1.82) is 0 Å². The highest BCUT2D eigenvalue weighted by Gasteiger charge is 2.36. The van der Waals surface area contributed by atoms with E-state index in [-0.39, 0.29) is 0 Å². The van der Waals surface area contributed by atoms with Gasteiger partial charge in [0, 0.05) is 0 Å². The van der Waals surface area contributed by atoms with E-state index < -0.39 is 8.07 Å². The number of hydrogen-bond donors (Lipinski definition) is 0. The van der Waals surface area contributed by atoms with Crippen molar-refractivity contribution < 1.29 is 0 Å². The molecule has 0 spiro atoms. The Morgan fingerprint density at radius 2 is 1.59 bits per heavy atom. The van der Waals surface area contributed by atoms with Gasteiger partial charge in [-0.05, 0) is 21.9 Å². The molecule has 0 aromatic heterocycles. The Morgan fingerprint density at radius 3 is 2.24 bits per heavy atom. The van der Waals surface area contributed by atoms with Gasteiger partial charge in [-0.25, -0.2) is 0 Å². The molecule has 89 valence electrons. The van der Waals surface area contributed by atoms with Crippen molar-refractivity contribution >= 4 is 24.0 Å². The van der Waals surface area contributed by atoms with E-state index in [9.17, 15) is 0 Å². The first-order chi connectivity index (χ1) is 7.82. The fraction of sp³-hybridized carbons (Fsp3) is 0.375. The van der Waals surface area contributed by atoms with Gasteiger partial charge in [-0.2, -0.15) is 0 Å². The van der Waals surface area contributed by atoms with Crippen molar-refractivity contribution in [3.63, 3.8) is 0 Å². The number of rotatable bonds is 1. The first-order valence-corrected chi connectivity index (χ1v) is 9.24. The minimum atomic E-state index is -1.45. The predicted octanol–water partition coefficient (Wildman–Crippen LogP) is 4.36. The summed E-state index contributed by atoms with van der Waals surface area (Å²) < 4.78 is 0. The van der Waals surface area contributed by atoms with Gasteiger partial charge in [0.1, 0.15) is 0 Å². The molecule has 0 fully saturated rings. The zero-order valence-corrected chi connectivity index (χ0v) is 12.5. The highest BCUT2D eigenvalue weighted by Crippen LogP contribution is 2.35. The molecule has 0 aliphatic rings. The van der Waals surface area contributed by atoms with Gasteiger partial charge in [0.05, 0.1) is 8.07 Å². The van der Waals surface area contributed by atoms with Crippen molar-refractivity contribution in [1.82, 2.24) is 0 Å². The maximum absolute atomic E-state index is 3.64. The first-order valence-electron chi connectivity index (χ1n) is 6.24. The second-order valence-electron chi connectivity index (χ2n) is 6.33. The Hall–Kier alpha value is -1.08. The van der Waals surface area contributed by atoms with Crippen molar-refractivity contribution in [2.75, 3.05) is 0 Å². The molecule has 2 aromatic carbocycles. The van der Waals surface area contributed by atoms with Crippen molar-refractivity contribution in [2.45, 2.75) is 38.9 Å². The SMILES string of the molecule is CC(C)(C)[Si](C)(C)c1[c]c2ccccc2cc1. The summed E-state index contributed by atoms with van der Waals surface area (Å²) in [6.07, 6.45) is 0. The molecule has 2 aromatic rings. The van der Waals surface area contributed by atoms with E-state index in [4.69, 9.17) is 0 Å². The second kappa shape index (κ2) is 3.99. The Balaban J connectivity index is 2.57. The first kappa shape index (κ1) is 12.4. The Labute approximate surface area is 106 Å². The molecule has 0 aliphatic heterocycles. The van der Waals surface area contributed by atoms with E-state index >= 15 is 0 Å². The third kappa shape index (κ3) is 2.16. The predicted molar refractivity (Wildman–Crippen MR) is 79.6 cm³/mol. The molecule has 0 unspecified atom stereocenters.